The molecule has 0 aliphatic rings. The van der Waals surface area contributed by atoms with E-state index >= 15 is 0 Å². The Morgan fingerprint density at radius 3 is 2.00 bits per heavy atom. The molecule has 0 spiro atoms. The summed E-state index contributed by atoms with van der Waals surface area (Å²) < 4.78 is 0.645. The molecular formula is C20H22BrNO2. The van der Waals surface area contributed by atoms with Crippen molar-refractivity contribution in [3.63, 3.8) is 0 Å². The van der Waals surface area contributed by atoms with E-state index in [1.807, 2.05) is 49.4 Å². The third-order valence-corrected chi connectivity index (χ3v) is 3.80. The Kier molecular flexibility index (Phi) is 7.72. The highest BCUT2D eigenvalue weighted by molar-refractivity contribution is 9.11. The molecule has 0 fully saturated rings. The number of benzene rings is 1. The van der Waals surface area contributed by atoms with E-state index in [0.29, 0.717) is 21.5 Å². The van der Waals surface area contributed by atoms with Gasteiger partial charge < -0.3 is 0 Å². The fourth-order valence-electron chi connectivity index (χ4n) is 2.21. The first kappa shape index (κ1) is 20.0. The minimum atomic E-state index is -0.152. The normalized spacial score (nSPS) is 14.3. The van der Waals surface area contributed by atoms with Crippen molar-refractivity contribution in [2.24, 2.45) is 4.99 Å². The van der Waals surface area contributed by atoms with Crippen LogP contribution in [0.4, 0.5) is 0 Å². The van der Waals surface area contributed by atoms with Crippen molar-refractivity contribution in [1.29, 1.82) is 0 Å². The van der Waals surface area contributed by atoms with E-state index < -0.39 is 0 Å². The van der Waals surface area contributed by atoms with E-state index in [-0.39, 0.29) is 11.6 Å². The number of aliphatic imine (C=N–C) groups is 1. The molecule has 1 aromatic rings. The van der Waals surface area contributed by atoms with Crippen LogP contribution in [-0.2, 0) is 9.59 Å². The molecule has 0 aliphatic carbocycles. The number of carbonyl (C=O) groups excluding carboxylic acids is 2. The first-order valence-electron chi connectivity index (χ1n) is 7.65. The van der Waals surface area contributed by atoms with E-state index in [9.17, 15) is 9.59 Å². The van der Waals surface area contributed by atoms with Gasteiger partial charge in [-0.3, -0.25) is 9.59 Å². The van der Waals surface area contributed by atoms with Gasteiger partial charge in [-0.05, 0) is 44.9 Å². The molecule has 0 aromatic heterocycles. The van der Waals surface area contributed by atoms with Crippen LogP contribution in [0.3, 0.4) is 0 Å². The minimum absolute atomic E-state index is 0.0957. The van der Waals surface area contributed by atoms with Crippen LogP contribution in [0.2, 0.25) is 0 Å². The van der Waals surface area contributed by atoms with E-state index in [4.69, 9.17) is 0 Å². The number of carbonyl (C=O) groups is 2. The maximum atomic E-state index is 12.1. The van der Waals surface area contributed by atoms with Crippen molar-refractivity contribution in [2.75, 3.05) is 0 Å². The lowest BCUT2D eigenvalue weighted by molar-refractivity contribution is -0.114. The molecule has 0 radical (unpaired) electrons. The lowest BCUT2D eigenvalue weighted by Crippen LogP contribution is -2.09. The number of hydrogen-bond acceptors (Lipinski definition) is 3. The molecule has 0 saturated carbocycles. The molecule has 3 nitrogen and oxygen atoms in total. The second-order valence-electron chi connectivity index (χ2n) is 5.36. The van der Waals surface area contributed by atoms with Crippen molar-refractivity contribution in [3.8, 4) is 0 Å². The number of rotatable bonds is 6. The molecule has 0 heterocycles. The second kappa shape index (κ2) is 9.28. The second-order valence-corrected chi connectivity index (χ2v) is 6.55. The van der Waals surface area contributed by atoms with Gasteiger partial charge in [-0.15, -0.1) is 0 Å². The summed E-state index contributed by atoms with van der Waals surface area (Å²) in [6, 6.07) is 9.82. The summed E-state index contributed by atoms with van der Waals surface area (Å²) in [5.41, 5.74) is 3.27. The van der Waals surface area contributed by atoms with Gasteiger partial charge in [-0.1, -0.05) is 52.3 Å². The molecule has 0 saturated heterocycles. The maximum absolute atomic E-state index is 12.1. The summed E-state index contributed by atoms with van der Waals surface area (Å²) in [5.74, 6) is -0.248. The van der Waals surface area contributed by atoms with E-state index in [1.54, 1.807) is 13.8 Å². The molecule has 1 rings (SSSR count). The Hall–Kier alpha value is -2.07. The SMILES string of the molecule is C\C=C(/C=C(C(C)=O)\C(C)=N\C(C(C)=O)=C(/C)Br)c1ccccc1. The number of hydrogen-bond donors (Lipinski definition) is 0. The minimum Gasteiger partial charge on any atom is -0.294 e. The van der Waals surface area contributed by atoms with Crippen LogP contribution in [-0.4, -0.2) is 17.3 Å². The summed E-state index contributed by atoms with van der Waals surface area (Å²) in [6.07, 6.45) is 3.76. The number of Topliss-reactive ketones (excluding diaryl/α,β-unsaturated/α-hetero) is 2. The summed E-state index contributed by atoms with van der Waals surface area (Å²) in [6.45, 7) is 8.37. The van der Waals surface area contributed by atoms with Crippen LogP contribution in [0.25, 0.3) is 5.57 Å². The van der Waals surface area contributed by atoms with Crippen molar-refractivity contribution in [2.45, 2.75) is 34.6 Å². The van der Waals surface area contributed by atoms with Gasteiger partial charge in [0.2, 0.25) is 0 Å². The molecular weight excluding hydrogens is 366 g/mol. The Morgan fingerprint density at radius 1 is 1.00 bits per heavy atom. The quantitative estimate of drug-likeness (QED) is 0.378. The summed E-state index contributed by atoms with van der Waals surface area (Å²) in [7, 11) is 0. The zero-order chi connectivity index (χ0) is 18.3. The Morgan fingerprint density at radius 2 is 1.58 bits per heavy atom. The molecule has 0 N–H and O–H groups in total. The van der Waals surface area contributed by atoms with Gasteiger partial charge in [0.1, 0.15) is 5.70 Å². The molecule has 0 atom stereocenters. The van der Waals surface area contributed by atoms with Gasteiger partial charge >= 0.3 is 0 Å². The molecule has 0 bridgehead atoms. The molecule has 0 aliphatic heterocycles. The smallest absolute Gasteiger partial charge is 0.178 e. The van der Waals surface area contributed by atoms with Crippen molar-refractivity contribution in [1.82, 2.24) is 0 Å². The molecule has 0 amide bonds. The third-order valence-electron chi connectivity index (χ3n) is 3.43. The van der Waals surface area contributed by atoms with E-state index in [1.165, 1.54) is 13.8 Å². The zero-order valence-electron chi connectivity index (χ0n) is 14.7. The van der Waals surface area contributed by atoms with Crippen molar-refractivity contribution < 1.29 is 9.59 Å². The van der Waals surface area contributed by atoms with Gasteiger partial charge in [-0.25, -0.2) is 4.99 Å². The van der Waals surface area contributed by atoms with Gasteiger partial charge in [0.05, 0.1) is 0 Å². The van der Waals surface area contributed by atoms with Crippen LogP contribution >= 0.6 is 15.9 Å². The Bertz CT molecular complexity index is 749. The van der Waals surface area contributed by atoms with Gasteiger partial charge in [0.15, 0.2) is 11.6 Å². The summed E-state index contributed by atoms with van der Waals surface area (Å²) in [5, 5.41) is 0. The predicted octanol–water partition coefficient (Wildman–Crippen LogP) is 5.28. The first-order chi connectivity index (χ1) is 11.3. The highest BCUT2D eigenvalue weighted by Crippen LogP contribution is 2.20. The molecule has 24 heavy (non-hydrogen) atoms. The fourth-order valence-corrected chi connectivity index (χ4v) is 2.57. The summed E-state index contributed by atoms with van der Waals surface area (Å²) >= 11 is 3.29. The maximum Gasteiger partial charge on any atom is 0.178 e. The lowest BCUT2D eigenvalue weighted by atomic mass is 9.99. The number of allylic oxidation sites excluding steroid dienone is 6. The van der Waals surface area contributed by atoms with Gasteiger partial charge in [0.25, 0.3) is 0 Å². The number of ketones is 2. The van der Waals surface area contributed by atoms with E-state index in [2.05, 4.69) is 20.9 Å². The Balaban J connectivity index is 3.40. The molecule has 1 aromatic carbocycles. The first-order valence-corrected chi connectivity index (χ1v) is 8.44. The monoisotopic (exact) mass is 387 g/mol. The molecule has 4 heteroatoms. The lowest BCUT2D eigenvalue weighted by Gasteiger charge is -2.08. The largest absolute Gasteiger partial charge is 0.294 e. The van der Waals surface area contributed by atoms with E-state index in [0.717, 1.165) is 11.1 Å². The average Bonchev–Trinajstić information content (AvgIpc) is 2.53. The zero-order valence-corrected chi connectivity index (χ0v) is 16.3. The topological polar surface area (TPSA) is 46.5 Å². The molecule has 126 valence electrons. The van der Waals surface area contributed by atoms with Crippen LogP contribution in [0, 0.1) is 0 Å². The highest BCUT2D eigenvalue weighted by atomic mass is 79.9. The summed E-state index contributed by atoms with van der Waals surface area (Å²) in [4.78, 5) is 28.2. The highest BCUT2D eigenvalue weighted by Gasteiger charge is 2.13. The van der Waals surface area contributed by atoms with Gasteiger partial charge in [0, 0.05) is 22.7 Å². The van der Waals surface area contributed by atoms with Crippen LogP contribution in [0.5, 0.6) is 0 Å². The van der Waals surface area contributed by atoms with Crippen molar-refractivity contribution >= 4 is 38.8 Å². The Labute approximate surface area is 152 Å². The van der Waals surface area contributed by atoms with Gasteiger partial charge in [-0.2, -0.15) is 0 Å². The fraction of sp³-hybridized carbons (Fsp3) is 0.250. The van der Waals surface area contributed by atoms with Crippen LogP contribution in [0.1, 0.15) is 40.2 Å². The third kappa shape index (κ3) is 5.53. The predicted molar refractivity (Wildman–Crippen MR) is 104 cm³/mol. The standard InChI is InChI=1S/C20H22BrNO2/c1-6-17(18-10-8-7-9-11-18)12-19(15(4)23)14(3)22-20(13(2)21)16(5)24/h6-12H,1-5H3/b17-6+,19-12+,20-13+,22-14+. The van der Waals surface area contributed by atoms with Crippen LogP contribution < -0.4 is 0 Å². The number of halogens is 1. The average molecular weight is 388 g/mol. The van der Waals surface area contributed by atoms with Crippen LogP contribution in [0.15, 0.2) is 63.2 Å². The molecule has 0 unspecified atom stereocenters. The number of nitrogens with zero attached hydrogens (tertiary/aromatic N) is 1. The van der Waals surface area contributed by atoms with Crippen molar-refractivity contribution in [3.05, 3.63) is 63.8 Å².